The Labute approximate surface area is 131 Å². The Hall–Kier alpha value is -1.21. The monoisotopic (exact) mass is 348 g/mol. The maximum absolute atomic E-state index is 12.1. The van der Waals surface area contributed by atoms with Crippen molar-refractivity contribution in [2.45, 2.75) is 25.7 Å². The molecule has 0 aliphatic rings. The largest absolute Gasteiger partial charge is 0.336 e. The molecule has 124 valence electrons. The number of hydrogen-bond acceptors (Lipinski definition) is 6. The molecule has 1 N–H and O–H groups in total. The molecule has 1 aromatic rings. The number of sulfonamides is 1. The van der Waals surface area contributed by atoms with E-state index in [-0.39, 0.29) is 24.3 Å². The average molecular weight is 348 g/mol. The van der Waals surface area contributed by atoms with Crippen LogP contribution in [-0.2, 0) is 23.6 Å². The Kier molecular flexibility index (Phi) is 7.22. The molecule has 1 rings (SSSR count). The van der Waals surface area contributed by atoms with Crippen LogP contribution in [0.25, 0.3) is 0 Å². The molecule has 0 saturated carbocycles. The number of hydrazone groups is 1. The summed E-state index contributed by atoms with van der Waals surface area (Å²) in [7, 11) is -7.02. The Morgan fingerprint density at radius 2 is 1.82 bits per heavy atom. The number of hydrogen-bond donors (Lipinski definition) is 1. The van der Waals surface area contributed by atoms with E-state index in [2.05, 4.69) is 9.93 Å². The second-order valence-corrected chi connectivity index (χ2v) is 8.03. The van der Waals surface area contributed by atoms with E-state index in [9.17, 15) is 13.0 Å². The van der Waals surface area contributed by atoms with Crippen molar-refractivity contribution in [3.63, 3.8) is 0 Å². The third-order valence-electron chi connectivity index (χ3n) is 2.60. The van der Waals surface area contributed by atoms with E-state index in [1.54, 1.807) is 39.0 Å². The molecule has 0 aliphatic carbocycles. The fourth-order valence-corrected chi connectivity index (χ4v) is 4.11. The van der Waals surface area contributed by atoms with Gasteiger partial charge in [-0.25, -0.2) is 4.83 Å². The van der Waals surface area contributed by atoms with Crippen molar-refractivity contribution in [3.05, 3.63) is 29.8 Å². The van der Waals surface area contributed by atoms with Crippen LogP contribution in [0, 0.1) is 6.92 Å². The van der Waals surface area contributed by atoms with Crippen molar-refractivity contribution in [1.82, 2.24) is 4.83 Å². The summed E-state index contributed by atoms with van der Waals surface area (Å²) in [5.41, 5.74) is 0.611. The predicted octanol–water partition coefficient (Wildman–Crippen LogP) is 2.53. The van der Waals surface area contributed by atoms with E-state index >= 15 is 0 Å². The first-order valence-corrected chi connectivity index (χ1v) is 10.0. The van der Waals surface area contributed by atoms with Gasteiger partial charge in [0.15, 0.2) is 0 Å². The number of benzene rings is 1. The Morgan fingerprint density at radius 1 is 1.23 bits per heavy atom. The van der Waals surface area contributed by atoms with E-state index in [0.29, 0.717) is 5.56 Å². The molecule has 0 atom stereocenters. The van der Waals surface area contributed by atoms with Crippen molar-refractivity contribution >= 4 is 23.8 Å². The minimum Gasteiger partial charge on any atom is -0.309 e. The quantitative estimate of drug-likeness (QED) is 0.420. The first kappa shape index (κ1) is 18.8. The van der Waals surface area contributed by atoms with Gasteiger partial charge in [-0.05, 0) is 32.4 Å². The van der Waals surface area contributed by atoms with E-state index < -0.39 is 17.6 Å². The number of aryl methyl sites for hydroxylation is 1. The summed E-state index contributed by atoms with van der Waals surface area (Å²) < 4.78 is 46.4. The van der Waals surface area contributed by atoms with Gasteiger partial charge in [0.1, 0.15) is 0 Å². The molecule has 0 spiro atoms. The molecule has 22 heavy (non-hydrogen) atoms. The van der Waals surface area contributed by atoms with Crippen LogP contribution < -0.4 is 4.83 Å². The second kappa shape index (κ2) is 8.43. The highest BCUT2D eigenvalue weighted by molar-refractivity contribution is 7.89. The molecule has 0 amide bonds. The molecular weight excluding hydrogens is 327 g/mol. The summed E-state index contributed by atoms with van der Waals surface area (Å²) in [5.74, 6) is 0. The van der Waals surface area contributed by atoms with Gasteiger partial charge in [0.25, 0.3) is 10.0 Å². The molecule has 0 bridgehead atoms. The minimum atomic E-state index is -3.75. The van der Waals surface area contributed by atoms with Crippen LogP contribution in [0.15, 0.2) is 34.3 Å². The summed E-state index contributed by atoms with van der Waals surface area (Å²) in [6.45, 7) is 5.56. The SMILES string of the molecule is CCOP(=O)(C/C=N/NS(=O)(=O)c1ccccc1C)OCC. The Balaban J connectivity index is 2.73. The van der Waals surface area contributed by atoms with Gasteiger partial charge in [-0.2, -0.15) is 13.5 Å². The van der Waals surface area contributed by atoms with E-state index in [1.165, 1.54) is 12.3 Å². The average Bonchev–Trinajstić information content (AvgIpc) is 2.44. The molecule has 0 heterocycles. The van der Waals surface area contributed by atoms with Gasteiger partial charge in [0.2, 0.25) is 0 Å². The maximum Gasteiger partial charge on any atom is 0.336 e. The lowest BCUT2D eigenvalue weighted by molar-refractivity contribution is 0.223. The van der Waals surface area contributed by atoms with Crippen LogP contribution >= 0.6 is 7.60 Å². The van der Waals surface area contributed by atoms with Gasteiger partial charge in [-0.3, -0.25) is 4.57 Å². The molecule has 1 aromatic carbocycles. The van der Waals surface area contributed by atoms with E-state index in [4.69, 9.17) is 9.05 Å². The first-order valence-electron chi connectivity index (χ1n) is 6.81. The van der Waals surface area contributed by atoms with Crippen molar-refractivity contribution in [2.24, 2.45) is 5.10 Å². The number of nitrogens with one attached hydrogen (secondary N) is 1. The third-order valence-corrected chi connectivity index (χ3v) is 5.90. The van der Waals surface area contributed by atoms with Crippen LogP contribution in [0.1, 0.15) is 19.4 Å². The standard InChI is InChI=1S/C13H21N2O5PS/c1-4-19-21(16,20-5-2)11-10-14-15-22(17,18)13-9-7-6-8-12(13)3/h6-10,15H,4-5,11H2,1-3H3/b14-10+. The maximum atomic E-state index is 12.1. The number of rotatable bonds is 9. The van der Waals surface area contributed by atoms with Gasteiger partial charge >= 0.3 is 7.60 Å². The van der Waals surface area contributed by atoms with Crippen molar-refractivity contribution in [2.75, 3.05) is 19.4 Å². The highest BCUT2D eigenvalue weighted by atomic mass is 32.2. The van der Waals surface area contributed by atoms with Crippen LogP contribution in [0.4, 0.5) is 0 Å². The van der Waals surface area contributed by atoms with Crippen molar-refractivity contribution in [1.29, 1.82) is 0 Å². The number of nitrogens with zero attached hydrogens (tertiary/aromatic N) is 1. The van der Waals surface area contributed by atoms with Gasteiger partial charge in [0, 0.05) is 6.21 Å². The van der Waals surface area contributed by atoms with Crippen LogP contribution in [0.3, 0.4) is 0 Å². The molecular formula is C13H21N2O5PS. The summed E-state index contributed by atoms with van der Waals surface area (Å²) in [6, 6.07) is 6.55. The molecule has 0 saturated heterocycles. The lowest BCUT2D eigenvalue weighted by Crippen LogP contribution is -2.19. The normalized spacial score (nSPS) is 12.7. The molecule has 7 nitrogen and oxygen atoms in total. The topological polar surface area (TPSA) is 94.1 Å². The van der Waals surface area contributed by atoms with Gasteiger partial charge < -0.3 is 9.05 Å². The zero-order valence-corrected chi connectivity index (χ0v) is 14.6. The fourth-order valence-electron chi connectivity index (χ4n) is 1.69. The highest BCUT2D eigenvalue weighted by Crippen LogP contribution is 2.46. The van der Waals surface area contributed by atoms with E-state index in [1.807, 2.05) is 0 Å². The third kappa shape index (κ3) is 5.53. The van der Waals surface area contributed by atoms with Crippen LogP contribution in [-0.4, -0.2) is 34.0 Å². The first-order chi connectivity index (χ1) is 10.3. The molecule has 0 aliphatic heterocycles. The van der Waals surface area contributed by atoms with Crippen molar-refractivity contribution in [3.8, 4) is 0 Å². The smallest absolute Gasteiger partial charge is 0.309 e. The fraction of sp³-hybridized carbons (Fsp3) is 0.462. The summed E-state index contributed by atoms with van der Waals surface area (Å²) in [4.78, 5) is 2.23. The Morgan fingerprint density at radius 3 is 2.36 bits per heavy atom. The molecule has 0 aromatic heterocycles. The van der Waals surface area contributed by atoms with Gasteiger partial charge in [-0.15, -0.1) is 0 Å². The predicted molar refractivity (Wildman–Crippen MR) is 85.7 cm³/mol. The molecule has 9 heteroatoms. The highest BCUT2D eigenvalue weighted by Gasteiger charge is 2.22. The van der Waals surface area contributed by atoms with Crippen LogP contribution in [0.2, 0.25) is 0 Å². The lowest BCUT2D eigenvalue weighted by Gasteiger charge is -2.14. The summed E-state index contributed by atoms with van der Waals surface area (Å²) in [5, 5.41) is 3.61. The second-order valence-electron chi connectivity index (χ2n) is 4.30. The molecule has 0 radical (unpaired) electrons. The minimum absolute atomic E-state index is 0.106. The van der Waals surface area contributed by atoms with Gasteiger partial charge in [-0.1, -0.05) is 18.2 Å². The molecule has 0 unspecified atom stereocenters. The Bertz CT molecular complexity index is 650. The molecule has 0 fully saturated rings. The zero-order valence-electron chi connectivity index (χ0n) is 12.9. The zero-order chi connectivity index (χ0) is 16.6. The van der Waals surface area contributed by atoms with Crippen LogP contribution in [0.5, 0.6) is 0 Å². The summed E-state index contributed by atoms with van der Waals surface area (Å²) in [6.07, 6.45) is 1.08. The van der Waals surface area contributed by atoms with Crippen molar-refractivity contribution < 1.29 is 22.0 Å². The lowest BCUT2D eigenvalue weighted by atomic mass is 10.2. The summed E-state index contributed by atoms with van der Waals surface area (Å²) >= 11 is 0. The van der Waals surface area contributed by atoms with Gasteiger partial charge in [0.05, 0.1) is 24.3 Å². The van der Waals surface area contributed by atoms with E-state index in [0.717, 1.165) is 0 Å².